The highest BCUT2D eigenvalue weighted by molar-refractivity contribution is 5.83. The van der Waals surface area contributed by atoms with E-state index >= 15 is 0 Å². The topological polar surface area (TPSA) is 52.0 Å². The fourth-order valence-electron chi connectivity index (χ4n) is 2.40. The Hall–Kier alpha value is -2.20. The number of hydrogen-bond acceptors (Lipinski definition) is 3. The fraction of sp³-hybridized carbons (Fsp3) is 0.188. The summed E-state index contributed by atoms with van der Waals surface area (Å²) >= 11 is 0. The maximum Gasteiger partial charge on any atom is 0.141 e. The van der Waals surface area contributed by atoms with Crippen LogP contribution in [0.25, 0.3) is 11.0 Å². The Kier molecular flexibility index (Phi) is 3.03. The quantitative estimate of drug-likeness (QED) is 0.773. The summed E-state index contributed by atoms with van der Waals surface area (Å²) in [5.74, 6) is 0.251. The van der Waals surface area contributed by atoms with Crippen molar-refractivity contribution >= 4 is 11.0 Å². The summed E-state index contributed by atoms with van der Waals surface area (Å²) in [6, 6.07) is 6.84. The van der Waals surface area contributed by atoms with E-state index in [1.807, 2.05) is 26.0 Å². The third-order valence-electron chi connectivity index (χ3n) is 3.50. The van der Waals surface area contributed by atoms with Crippen LogP contribution in [0.5, 0.6) is 0 Å². The van der Waals surface area contributed by atoms with Crippen molar-refractivity contribution < 1.29 is 8.81 Å². The molecular formula is C16H15FN2O. The van der Waals surface area contributed by atoms with Gasteiger partial charge in [0.15, 0.2) is 0 Å². The van der Waals surface area contributed by atoms with Crippen molar-refractivity contribution in [2.24, 2.45) is 5.73 Å². The first-order valence-corrected chi connectivity index (χ1v) is 6.42. The number of aryl methyl sites for hydroxylation is 2. The second-order valence-corrected chi connectivity index (χ2v) is 5.01. The van der Waals surface area contributed by atoms with E-state index in [1.165, 1.54) is 6.07 Å². The fourth-order valence-corrected chi connectivity index (χ4v) is 2.40. The van der Waals surface area contributed by atoms with Crippen molar-refractivity contribution in [2.45, 2.75) is 19.9 Å². The van der Waals surface area contributed by atoms with Crippen LogP contribution in [0.4, 0.5) is 4.39 Å². The maximum atomic E-state index is 13.3. The van der Waals surface area contributed by atoms with E-state index < -0.39 is 11.9 Å². The van der Waals surface area contributed by atoms with Gasteiger partial charge in [0.1, 0.15) is 17.2 Å². The molecule has 3 aromatic rings. The van der Waals surface area contributed by atoms with Gasteiger partial charge in [0.2, 0.25) is 0 Å². The number of furan rings is 1. The molecule has 0 fully saturated rings. The molecule has 20 heavy (non-hydrogen) atoms. The lowest BCUT2D eigenvalue weighted by molar-refractivity contribution is 0.518. The van der Waals surface area contributed by atoms with Gasteiger partial charge in [-0.25, -0.2) is 4.39 Å². The second kappa shape index (κ2) is 4.72. The average Bonchev–Trinajstić information content (AvgIpc) is 2.75. The summed E-state index contributed by atoms with van der Waals surface area (Å²) in [5, 5.41) is 1.04. The van der Waals surface area contributed by atoms with Crippen LogP contribution < -0.4 is 5.73 Å². The van der Waals surface area contributed by atoms with E-state index in [1.54, 1.807) is 6.20 Å². The molecule has 2 N–H and O–H groups in total. The lowest BCUT2D eigenvalue weighted by atomic mass is 10.0. The number of halogens is 1. The van der Waals surface area contributed by atoms with Gasteiger partial charge < -0.3 is 10.2 Å². The molecule has 0 amide bonds. The molecule has 2 heterocycles. The van der Waals surface area contributed by atoms with Crippen LogP contribution in [0.2, 0.25) is 0 Å². The third kappa shape index (κ3) is 2.08. The molecule has 0 aliphatic carbocycles. The first kappa shape index (κ1) is 12.8. The standard InChI is InChI=1S/C16H15FN2O/c1-9-3-4-14-13(5-9)10(2)16(20-14)15(18)11-6-12(17)8-19-7-11/h3-8,15H,18H2,1-2H3. The molecule has 0 saturated heterocycles. The van der Waals surface area contributed by atoms with Crippen molar-refractivity contribution in [3.05, 3.63) is 64.9 Å². The largest absolute Gasteiger partial charge is 0.459 e. The highest BCUT2D eigenvalue weighted by Crippen LogP contribution is 2.31. The van der Waals surface area contributed by atoms with Crippen LogP contribution in [0, 0.1) is 19.7 Å². The van der Waals surface area contributed by atoms with Gasteiger partial charge in [-0.05, 0) is 37.6 Å². The molecule has 0 aliphatic rings. The molecule has 1 aromatic carbocycles. The lowest BCUT2D eigenvalue weighted by Crippen LogP contribution is -2.12. The Balaban J connectivity index is 2.12. The Morgan fingerprint density at radius 2 is 2.00 bits per heavy atom. The minimum absolute atomic E-state index is 0.400. The summed E-state index contributed by atoms with van der Waals surface area (Å²) in [6.45, 7) is 4.00. The van der Waals surface area contributed by atoms with Crippen molar-refractivity contribution in [3.63, 3.8) is 0 Å². The summed E-state index contributed by atoms with van der Waals surface area (Å²) < 4.78 is 19.1. The van der Waals surface area contributed by atoms with Gasteiger partial charge in [0.05, 0.1) is 12.2 Å². The zero-order valence-electron chi connectivity index (χ0n) is 11.4. The van der Waals surface area contributed by atoms with Crippen LogP contribution in [0.3, 0.4) is 0 Å². The molecule has 1 unspecified atom stereocenters. The number of pyridine rings is 1. The van der Waals surface area contributed by atoms with E-state index in [0.29, 0.717) is 11.3 Å². The molecule has 102 valence electrons. The van der Waals surface area contributed by atoms with Crippen molar-refractivity contribution in [1.82, 2.24) is 4.98 Å². The smallest absolute Gasteiger partial charge is 0.141 e. The zero-order valence-corrected chi connectivity index (χ0v) is 11.4. The maximum absolute atomic E-state index is 13.3. The van der Waals surface area contributed by atoms with Crippen LogP contribution in [-0.4, -0.2) is 4.98 Å². The minimum atomic E-state index is -0.522. The molecule has 0 aliphatic heterocycles. The summed E-state index contributed by atoms with van der Waals surface area (Å²) in [6.07, 6.45) is 2.72. The van der Waals surface area contributed by atoms with Gasteiger partial charge in [-0.2, -0.15) is 0 Å². The lowest BCUT2D eigenvalue weighted by Gasteiger charge is -2.09. The first-order chi connectivity index (χ1) is 9.56. The summed E-state index contributed by atoms with van der Waals surface area (Å²) in [7, 11) is 0. The van der Waals surface area contributed by atoms with Gasteiger partial charge in [-0.1, -0.05) is 11.6 Å². The SMILES string of the molecule is Cc1ccc2oc(C(N)c3cncc(F)c3)c(C)c2c1. The highest BCUT2D eigenvalue weighted by Gasteiger charge is 2.19. The molecule has 0 saturated carbocycles. The van der Waals surface area contributed by atoms with Gasteiger partial charge in [0, 0.05) is 17.1 Å². The third-order valence-corrected chi connectivity index (χ3v) is 3.50. The van der Waals surface area contributed by atoms with Crippen molar-refractivity contribution in [2.75, 3.05) is 0 Å². The molecule has 0 spiro atoms. The van der Waals surface area contributed by atoms with Crippen molar-refractivity contribution in [3.8, 4) is 0 Å². The van der Waals surface area contributed by atoms with E-state index in [2.05, 4.69) is 11.1 Å². The summed E-state index contributed by atoms with van der Waals surface area (Å²) in [5.41, 5.74) is 9.73. The first-order valence-electron chi connectivity index (χ1n) is 6.42. The molecule has 0 radical (unpaired) electrons. The Labute approximate surface area is 116 Å². The Morgan fingerprint density at radius 1 is 1.20 bits per heavy atom. The van der Waals surface area contributed by atoms with Crippen LogP contribution >= 0.6 is 0 Å². The number of fused-ring (bicyclic) bond motifs is 1. The second-order valence-electron chi connectivity index (χ2n) is 5.01. The zero-order chi connectivity index (χ0) is 14.3. The predicted molar refractivity (Wildman–Crippen MR) is 75.9 cm³/mol. The number of rotatable bonds is 2. The molecule has 4 heteroatoms. The van der Waals surface area contributed by atoms with Gasteiger partial charge >= 0.3 is 0 Å². The van der Waals surface area contributed by atoms with E-state index in [0.717, 1.165) is 28.3 Å². The van der Waals surface area contributed by atoms with Gasteiger partial charge in [-0.3, -0.25) is 4.98 Å². The Morgan fingerprint density at radius 3 is 2.75 bits per heavy atom. The van der Waals surface area contributed by atoms with Gasteiger partial charge in [-0.15, -0.1) is 0 Å². The van der Waals surface area contributed by atoms with E-state index in [-0.39, 0.29) is 0 Å². The van der Waals surface area contributed by atoms with Crippen molar-refractivity contribution in [1.29, 1.82) is 0 Å². The molecule has 0 bridgehead atoms. The summed E-state index contributed by atoms with van der Waals surface area (Å²) in [4.78, 5) is 3.83. The molecular weight excluding hydrogens is 255 g/mol. The number of benzene rings is 1. The van der Waals surface area contributed by atoms with E-state index in [9.17, 15) is 4.39 Å². The van der Waals surface area contributed by atoms with Crippen LogP contribution in [0.1, 0.15) is 28.5 Å². The number of hydrogen-bond donors (Lipinski definition) is 1. The molecule has 3 nitrogen and oxygen atoms in total. The number of nitrogens with two attached hydrogens (primary N) is 1. The molecule has 1 atom stereocenters. The minimum Gasteiger partial charge on any atom is -0.459 e. The highest BCUT2D eigenvalue weighted by atomic mass is 19.1. The Bertz CT molecular complexity index is 779. The van der Waals surface area contributed by atoms with Crippen LogP contribution in [-0.2, 0) is 0 Å². The average molecular weight is 270 g/mol. The number of nitrogens with zero attached hydrogens (tertiary/aromatic N) is 1. The van der Waals surface area contributed by atoms with Gasteiger partial charge in [0.25, 0.3) is 0 Å². The van der Waals surface area contributed by atoms with Crippen LogP contribution in [0.15, 0.2) is 41.1 Å². The normalized spacial score (nSPS) is 12.8. The predicted octanol–water partition coefficient (Wildman–Crippen LogP) is 3.63. The van der Waals surface area contributed by atoms with E-state index in [4.69, 9.17) is 10.2 Å². The number of aromatic nitrogens is 1. The molecule has 3 rings (SSSR count). The molecule has 2 aromatic heterocycles. The monoisotopic (exact) mass is 270 g/mol.